The summed E-state index contributed by atoms with van der Waals surface area (Å²) in [5, 5.41) is 58.3. The smallest absolute Gasteiger partial charge is 0.349 e. The molecule has 4 aromatic carbocycles. The Morgan fingerprint density at radius 1 is 0.409 bits per heavy atom. The van der Waals surface area contributed by atoms with Crippen molar-refractivity contribution in [2.75, 3.05) is 5.01 Å². The molecule has 0 spiro atoms. The van der Waals surface area contributed by atoms with Gasteiger partial charge in [-0.3, -0.25) is 58.1 Å². The fourth-order valence-corrected chi connectivity index (χ4v) is 10.2. The van der Waals surface area contributed by atoms with Crippen molar-refractivity contribution in [1.29, 1.82) is 15.8 Å². The monoisotopic (exact) mass is 1760 g/mol. The van der Waals surface area contributed by atoms with Crippen LogP contribution in [-0.2, 0) is 9.59 Å². The Morgan fingerprint density at radius 2 is 0.687 bits per heavy atom. The van der Waals surface area contributed by atoms with Gasteiger partial charge in [0.05, 0.1) is 85.8 Å². The first-order valence-corrected chi connectivity index (χ1v) is 32.8. The van der Waals surface area contributed by atoms with Crippen molar-refractivity contribution in [2.45, 2.75) is 91.9 Å². The molecule has 1 amide bonds. The summed E-state index contributed by atoms with van der Waals surface area (Å²) in [5.74, 6) is -17.0. The Hall–Kier alpha value is -13.0. The Labute approximate surface area is 726 Å². The van der Waals surface area contributed by atoms with Crippen LogP contribution in [0, 0.1) is 34.0 Å². The number of aromatic nitrogens is 17. The van der Waals surface area contributed by atoms with E-state index in [-0.39, 0.29) is 5.71 Å². The molecule has 0 bridgehead atoms. The van der Waals surface area contributed by atoms with Gasteiger partial charge in [-0.25, -0.2) is 34.8 Å². The highest BCUT2D eigenvalue weighted by Crippen LogP contribution is 2.43. The van der Waals surface area contributed by atoms with Crippen LogP contribution in [-0.4, -0.2) is 102 Å². The molecule has 12 rings (SSSR count). The van der Waals surface area contributed by atoms with E-state index in [0.717, 1.165) is 6.92 Å². The molecule has 1 aliphatic rings. The van der Waals surface area contributed by atoms with Crippen LogP contribution in [0.15, 0.2) is 126 Å². The summed E-state index contributed by atoms with van der Waals surface area (Å²) >= 11 is 49.4. The van der Waals surface area contributed by atoms with Crippen molar-refractivity contribution in [2.24, 2.45) is 5.10 Å². The number of benzene rings is 4. The minimum Gasteiger partial charge on any atom is -0.434 e. The zero-order chi connectivity index (χ0) is 112. The number of rotatable bonds is 16. The standard InChI is InChI=1S/C18H16Cl2N4O4.3C17H12Cl2N6O4/c1-8(2)11-6-15(21-22-18(11)27)28-17-12(19)4-10(5-13(17)20)24-16(26)7-14(25)9(3)23-24;3*1-7(2)9-5-13(22-23-15(9)26)29-14-10(18)3-8(4-11(14)19)25-17(28)21-16(27)12(6-20)24-25/h4-6,8H,7H2,1-3H3,(H,22,27);3*3-5,7H,1-2H3,(H,23,26)(H,21,27,28)/i1D3,4D,5D,6D,8D;1D3,2D3,3D,4D,5D,7D;1D3,2D3,3D,4D,5D;1D3,3D,4D,5D. The molecule has 0 saturated heterocycles. The average molecular weight is 1760 g/mol. The molecule has 1 aliphatic heterocycles. The molecule has 7 N–H and O–H groups in total. The van der Waals surface area contributed by atoms with Gasteiger partial charge in [0, 0.05) is 73.8 Å². The lowest BCUT2D eigenvalue weighted by atomic mass is 10.1. The minimum absolute atomic E-state index is 0.0347. The average Bonchev–Trinajstić information content (AvgIpc) is 0.719. The summed E-state index contributed by atoms with van der Waals surface area (Å²) in [6, 6.07) is -5.59. The maximum absolute atomic E-state index is 12.4. The van der Waals surface area contributed by atoms with Crippen LogP contribution in [0.1, 0.15) is 175 Å². The zero-order valence-corrected chi connectivity index (χ0v) is 62.2. The van der Waals surface area contributed by atoms with E-state index in [1.807, 2.05) is 20.3 Å². The number of nitriles is 3. The number of Topliss-reactive ketones (excluding diaryl/α,β-unsaturated/α-hetero) is 1. The lowest BCUT2D eigenvalue weighted by molar-refractivity contribution is -0.124. The van der Waals surface area contributed by atoms with Crippen LogP contribution in [0.2, 0.25) is 40.2 Å². The van der Waals surface area contributed by atoms with Crippen LogP contribution in [0.5, 0.6) is 46.5 Å². The number of carbonyl (C=O) groups is 2. The molecule has 2 atom stereocenters. The predicted molar refractivity (Wildman–Crippen MR) is 418 cm³/mol. The van der Waals surface area contributed by atoms with E-state index in [0.29, 0.717) is 19.1 Å². The van der Waals surface area contributed by atoms with Gasteiger partial charge in [0.25, 0.3) is 44.8 Å². The lowest BCUT2D eigenvalue weighted by Gasteiger charge is -2.22. The topological polar surface area (TPSA) is 544 Å². The molecule has 8 heterocycles. The summed E-state index contributed by atoms with van der Waals surface area (Å²) in [5.41, 5.74) is -20.1. The zero-order valence-electron chi connectivity index (χ0n) is 88.1. The quantitative estimate of drug-likeness (QED) is 0.0442. The number of nitrogens with zero attached hydrogens (tertiary/aromatic N) is 15. The molecule has 0 saturated carbocycles. The van der Waals surface area contributed by atoms with Crippen molar-refractivity contribution in [3.8, 4) is 81.8 Å². The summed E-state index contributed by atoms with van der Waals surface area (Å²) in [6.45, 7) is -15.9. The van der Waals surface area contributed by atoms with E-state index in [2.05, 4.69) is 40.8 Å². The number of aromatic amines is 7. The van der Waals surface area contributed by atoms with Crippen LogP contribution in [0.25, 0.3) is 17.1 Å². The number of hydrogen-bond donors (Lipinski definition) is 7. The number of halogens is 8. The molecule has 2 unspecified atom stereocenters. The highest BCUT2D eigenvalue weighted by Gasteiger charge is 2.29. The summed E-state index contributed by atoms with van der Waals surface area (Å²) in [4.78, 5) is 150. The van der Waals surface area contributed by atoms with Crippen LogP contribution in [0.3, 0.4) is 0 Å². The number of ether oxygens (including phenoxy) is 4. The van der Waals surface area contributed by atoms with Crippen LogP contribution < -0.4 is 79.9 Å². The Morgan fingerprint density at radius 3 is 0.983 bits per heavy atom. The van der Waals surface area contributed by atoms with Gasteiger partial charge in [0.15, 0.2) is 28.8 Å². The van der Waals surface area contributed by atoms with Crippen molar-refractivity contribution >= 4 is 116 Å². The normalized spacial score (nSPS) is 17.2. The lowest BCUT2D eigenvalue weighted by Crippen LogP contribution is -2.36. The van der Waals surface area contributed by atoms with Gasteiger partial charge in [-0.1, -0.05) is 148 Å². The molecular formula is C69H52Cl8N22O16. The second kappa shape index (κ2) is 36.7. The van der Waals surface area contributed by atoms with E-state index in [1.165, 1.54) is 32.1 Å². The summed E-state index contributed by atoms with van der Waals surface area (Å²) in [6.07, 6.45) is -0.538. The second-order valence-corrected chi connectivity index (χ2v) is 24.2. The molecule has 38 nitrogen and oxygen atoms in total. The van der Waals surface area contributed by atoms with Crippen molar-refractivity contribution < 1.29 is 72.4 Å². The third-order valence-corrected chi connectivity index (χ3v) is 15.5. The van der Waals surface area contributed by atoms with Gasteiger partial charge < -0.3 is 18.9 Å². The van der Waals surface area contributed by atoms with Crippen molar-refractivity contribution in [1.82, 2.24) is 85.1 Å². The van der Waals surface area contributed by atoms with Crippen molar-refractivity contribution in [3.63, 3.8) is 0 Å². The van der Waals surface area contributed by atoms with Gasteiger partial charge in [-0.15, -0.1) is 35.7 Å². The third-order valence-electron chi connectivity index (χ3n) is 13.3. The summed E-state index contributed by atoms with van der Waals surface area (Å²) < 4.78 is 274. The van der Waals surface area contributed by atoms with Gasteiger partial charge in [0.2, 0.25) is 40.6 Å². The largest absolute Gasteiger partial charge is 0.434 e. The molecule has 0 aliphatic carbocycles. The molecule has 7 aromatic heterocycles. The SMILES string of the molecule is [2H]c1c(Cl)c(Oc2n[nH]c(=O)c(C(C([2H])([2H])[2H])C([2H])([2H])[2H])c2[2H])c(Cl)c([2H])c1-n1nc(C#N)c(=O)[nH]c1=O.[2H]c1c(Cl)c(Oc2n[nH]c(=O)c(C(C)C([2H])([2H])[2H])c2[2H])c(Cl)c([2H])c1-n1nc(C#N)c(=O)[nH]c1=O.[2H]c1c(Cl)c(Oc2n[nH]c(=O)c(C([2H])(C([2H])([2H])[2H])C([2H])([2H])[2H])c2[2H])c(Cl)c([2H])c1-n1nc(C#N)c(=O)[nH]c1=O.[2H]c1c(Cl)c(Oc2n[nH]c(=O)c(C([2H])(C)C([2H])([2H])[2H])c2[2H])c(Cl)c([2H])c1N1N=C(C)C(=O)CC1=O. The van der Waals surface area contributed by atoms with Crippen LogP contribution in [0.4, 0.5) is 5.69 Å². The number of carbonyl (C=O) groups excluding carboxylic acids is 2. The highest BCUT2D eigenvalue weighted by molar-refractivity contribution is 6.44. The predicted octanol–water partition coefficient (Wildman–Crippen LogP) is 9.97. The van der Waals surface area contributed by atoms with Gasteiger partial charge in [0.1, 0.15) is 23.9 Å². The first kappa shape index (κ1) is 51.6. The fraction of sp³-hybridized carbons (Fsp3) is 0.203. The molecule has 115 heavy (non-hydrogen) atoms. The first-order valence-electron chi connectivity index (χ1n) is 45.8. The summed E-state index contributed by atoms with van der Waals surface area (Å²) in [7, 11) is 0. The number of hydrazone groups is 1. The number of nitrogens with one attached hydrogen (secondary N) is 7. The molecule has 46 heteroatoms. The second-order valence-electron chi connectivity index (χ2n) is 21.2. The van der Waals surface area contributed by atoms with E-state index >= 15 is 0 Å². The van der Waals surface area contributed by atoms with E-state index < -0.39 is 360 Å². The molecular weight excluding hydrogens is 1680 g/mol. The fourth-order valence-electron chi connectivity index (χ4n) is 8.18. The third kappa shape index (κ3) is 20.3. The molecule has 0 fully saturated rings. The first-order chi connectivity index (χ1) is 67.4. The number of H-pyrrole nitrogens is 7. The highest BCUT2D eigenvalue weighted by atomic mass is 35.5. The van der Waals surface area contributed by atoms with Gasteiger partial charge in [-0.05, 0) is 78.9 Å². The maximum atomic E-state index is 12.4. The van der Waals surface area contributed by atoms with E-state index in [4.69, 9.17) is 171 Å². The number of hydrogen-bond acceptors (Lipinski definition) is 27. The number of anilines is 1. The minimum atomic E-state index is -3.64. The Bertz CT molecular complexity index is 8060. The Kier molecular flexibility index (Phi) is 16.5. The number of ketones is 1. The van der Waals surface area contributed by atoms with E-state index in [9.17, 15) is 57.5 Å². The van der Waals surface area contributed by atoms with Crippen molar-refractivity contribution in [3.05, 3.63) is 256 Å². The number of amides is 1. The molecule has 590 valence electrons. The van der Waals surface area contributed by atoms with E-state index in [1.54, 1.807) is 15.1 Å². The Balaban J connectivity index is 0.000000218. The van der Waals surface area contributed by atoms with Gasteiger partial charge >= 0.3 is 17.1 Å². The molecule has 0 radical (unpaired) electrons. The maximum Gasteiger partial charge on any atom is 0.349 e. The molecule has 11 aromatic rings. The van der Waals surface area contributed by atoms with Gasteiger partial charge in [-0.2, -0.15) is 39.9 Å². The van der Waals surface area contributed by atoms with Crippen LogP contribution >= 0.6 is 92.8 Å².